The van der Waals surface area contributed by atoms with Crippen LogP contribution in [0.1, 0.15) is 55.7 Å². The summed E-state index contributed by atoms with van der Waals surface area (Å²) in [5.74, 6) is -0.169. The smallest absolute Gasteiger partial charge is 0.173 e. The molecule has 1 heterocycles. The molecule has 1 atom stereocenters. The maximum Gasteiger partial charge on any atom is 0.173 e. The van der Waals surface area contributed by atoms with E-state index in [-0.39, 0.29) is 11.7 Å². The molecule has 1 aromatic rings. The lowest BCUT2D eigenvalue weighted by Gasteiger charge is -2.29. The summed E-state index contributed by atoms with van der Waals surface area (Å²) in [6, 6.07) is 3.98. The summed E-state index contributed by atoms with van der Waals surface area (Å²) in [6.45, 7) is 0. The highest BCUT2D eigenvalue weighted by atomic mass is 16.3. The van der Waals surface area contributed by atoms with Crippen LogP contribution in [0.15, 0.2) is 18.3 Å². The number of fused-ring (bicyclic) bond motifs is 1. The lowest BCUT2D eigenvalue weighted by atomic mass is 9.78. The molecular formula is C15H19NO2. The van der Waals surface area contributed by atoms with Gasteiger partial charge in [0, 0.05) is 6.20 Å². The van der Waals surface area contributed by atoms with E-state index in [2.05, 4.69) is 11.1 Å². The van der Waals surface area contributed by atoms with Crippen LogP contribution < -0.4 is 0 Å². The van der Waals surface area contributed by atoms with E-state index in [1.165, 1.54) is 5.56 Å². The Morgan fingerprint density at radius 1 is 1.33 bits per heavy atom. The van der Waals surface area contributed by atoms with Gasteiger partial charge in [-0.15, -0.1) is 0 Å². The third kappa shape index (κ3) is 1.87. The lowest BCUT2D eigenvalue weighted by molar-refractivity contribution is -0.138. The van der Waals surface area contributed by atoms with E-state index < -0.39 is 5.60 Å². The summed E-state index contributed by atoms with van der Waals surface area (Å²) in [6.07, 6.45) is 7.80. The van der Waals surface area contributed by atoms with Gasteiger partial charge in [-0.3, -0.25) is 9.78 Å². The number of hydrogen-bond acceptors (Lipinski definition) is 3. The van der Waals surface area contributed by atoms with Crippen LogP contribution in [-0.2, 0) is 11.2 Å². The Morgan fingerprint density at radius 2 is 2.11 bits per heavy atom. The molecule has 2 aliphatic carbocycles. The SMILES string of the molecule is O=C(C1CCCc2cccnc21)C1(O)CCCC1. The van der Waals surface area contributed by atoms with E-state index >= 15 is 0 Å². The van der Waals surface area contributed by atoms with Gasteiger partial charge in [0.05, 0.1) is 11.6 Å². The summed E-state index contributed by atoms with van der Waals surface area (Å²) in [5.41, 5.74) is 1.02. The first-order chi connectivity index (χ1) is 8.71. The van der Waals surface area contributed by atoms with Gasteiger partial charge in [0.25, 0.3) is 0 Å². The molecule has 1 fully saturated rings. The van der Waals surface area contributed by atoms with Gasteiger partial charge in [-0.2, -0.15) is 0 Å². The Labute approximate surface area is 107 Å². The average Bonchev–Trinajstić information content (AvgIpc) is 2.85. The van der Waals surface area contributed by atoms with Crippen LogP contribution in [-0.4, -0.2) is 21.5 Å². The Balaban J connectivity index is 1.92. The van der Waals surface area contributed by atoms with Crippen LogP contribution in [0.3, 0.4) is 0 Å². The molecule has 1 saturated carbocycles. The van der Waals surface area contributed by atoms with Gasteiger partial charge in [-0.1, -0.05) is 6.07 Å². The number of aryl methyl sites for hydroxylation is 1. The molecule has 3 nitrogen and oxygen atoms in total. The molecule has 96 valence electrons. The molecule has 1 aromatic heterocycles. The number of ketones is 1. The van der Waals surface area contributed by atoms with Crippen LogP contribution in [0.5, 0.6) is 0 Å². The van der Waals surface area contributed by atoms with E-state index in [0.29, 0.717) is 12.8 Å². The standard InChI is InChI=1S/C15H19NO2/c17-14(15(18)8-1-2-9-15)12-7-3-5-11-6-4-10-16-13(11)12/h4,6,10,12,18H,1-3,5,7-9H2. The molecular weight excluding hydrogens is 226 g/mol. The van der Waals surface area contributed by atoms with Gasteiger partial charge in [0.2, 0.25) is 0 Å². The van der Waals surface area contributed by atoms with Crippen LogP contribution in [0.2, 0.25) is 0 Å². The summed E-state index contributed by atoms with van der Waals surface area (Å²) in [5, 5.41) is 10.5. The predicted molar refractivity (Wildman–Crippen MR) is 68.3 cm³/mol. The van der Waals surface area contributed by atoms with E-state index in [4.69, 9.17) is 0 Å². The first-order valence-electron chi connectivity index (χ1n) is 6.91. The Morgan fingerprint density at radius 3 is 2.89 bits per heavy atom. The minimum atomic E-state index is -1.07. The molecule has 0 bridgehead atoms. The zero-order chi connectivity index (χ0) is 12.6. The second-order valence-corrected chi connectivity index (χ2v) is 5.60. The maximum absolute atomic E-state index is 12.6. The Hall–Kier alpha value is -1.22. The highest BCUT2D eigenvalue weighted by Crippen LogP contribution is 2.39. The molecule has 0 saturated heterocycles. The first-order valence-corrected chi connectivity index (χ1v) is 6.91. The maximum atomic E-state index is 12.6. The minimum absolute atomic E-state index is 0.0136. The van der Waals surface area contributed by atoms with Crippen LogP contribution in [0.4, 0.5) is 0 Å². The third-order valence-corrected chi connectivity index (χ3v) is 4.40. The number of carbonyl (C=O) groups excluding carboxylic acids is 1. The van der Waals surface area contributed by atoms with Gasteiger partial charge in [-0.05, 0) is 56.6 Å². The van der Waals surface area contributed by atoms with Gasteiger partial charge in [0.1, 0.15) is 5.60 Å². The molecule has 0 amide bonds. The Bertz CT molecular complexity index is 463. The predicted octanol–water partition coefficient (Wildman–Crippen LogP) is 2.38. The number of Topliss-reactive ketones (excluding diaryl/α,β-unsaturated/α-hetero) is 1. The van der Waals surface area contributed by atoms with Gasteiger partial charge >= 0.3 is 0 Å². The number of aliphatic hydroxyl groups is 1. The average molecular weight is 245 g/mol. The van der Waals surface area contributed by atoms with Crippen molar-refractivity contribution in [2.24, 2.45) is 0 Å². The molecule has 1 N–H and O–H groups in total. The molecule has 1 unspecified atom stereocenters. The molecule has 2 aliphatic rings. The molecule has 0 spiro atoms. The fourth-order valence-electron chi connectivity index (χ4n) is 3.40. The number of carbonyl (C=O) groups is 1. The van der Waals surface area contributed by atoms with Gasteiger partial charge in [-0.25, -0.2) is 0 Å². The molecule has 0 radical (unpaired) electrons. The van der Waals surface area contributed by atoms with Gasteiger partial charge in [0.15, 0.2) is 5.78 Å². The zero-order valence-electron chi connectivity index (χ0n) is 10.6. The fourth-order valence-corrected chi connectivity index (χ4v) is 3.40. The molecule has 3 heteroatoms. The van der Waals surface area contributed by atoms with E-state index in [1.807, 2.05) is 6.07 Å². The van der Waals surface area contributed by atoms with Crippen molar-refractivity contribution in [1.82, 2.24) is 4.98 Å². The third-order valence-electron chi connectivity index (χ3n) is 4.40. The van der Waals surface area contributed by atoms with Crippen molar-refractivity contribution in [2.45, 2.75) is 56.5 Å². The highest BCUT2D eigenvalue weighted by Gasteiger charge is 2.44. The minimum Gasteiger partial charge on any atom is -0.382 e. The molecule has 0 aromatic carbocycles. The van der Waals surface area contributed by atoms with Crippen molar-refractivity contribution in [3.8, 4) is 0 Å². The summed E-state index contributed by atoms with van der Waals surface area (Å²) < 4.78 is 0. The van der Waals surface area contributed by atoms with E-state index in [0.717, 1.165) is 37.8 Å². The summed E-state index contributed by atoms with van der Waals surface area (Å²) in [4.78, 5) is 17.0. The monoisotopic (exact) mass is 245 g/mol. The highest BCUT2D eigenvalue weighted by molar-refractivity contribution is 5.93. The number of pyridine rings is 1. The summed E-state index contributed by atoms with van der Waals surface area (Å²) >= 11 is 0. The number of aromatic nitrogens is 1. The zero-order valence-corrected chi connectivity index (χ0v) is 10.6. The molecule has 3 rings (SSSR count). The normalized spacial score (nSPS) is 25.7. The topological polar surface area (TPSA) is 50.2 Å². The van der Waals surface area contributed by atoms with E-state index in [1.54, 1.807) is 6.20 Å². The van der Waals surface area contributed by atoms with Gasteiger partial charge < -0.3 is 5.11 Å². The van der Waals surface area contributed by atoms with Crippen LogP contribution >= 0.6 is 0 Å². The van der Waals surface area contributed by atoms with Crippen molar-refractivity contribution < 1.29 is 9.90 Å². The first kappa shape index (κ1) is 11.8. The van der Waals surface area contributed by atoms with Crippen molar-refractivity contribution in [3.63, 3.8) is 0 Å². The second kappa shape index (κ2) is 4.47. The quantitative estimate of drug-likeness (QED) is 0.870. The van der Waals surface area contributed by atoms with Crippen molar-refractivity contribution in [1.29, 1.82) is 0 Å². The molecule has 18 heavy (non-hydrogen) atoms. The summed E-state index contributed by atoms with van der Waals surface area (Å²) in [7, 11) is 0. The Kier molecular flexibility index (Phi) is 2.94. The number of rotatable bonds is 2. The molecule has 0 aliphatic heterocycles. The van der Waals surface area contributed by atoms with Crippen LogP contribution in [0, 0.1) is 0 Å². The fraction of sp³-hybridized carbons (Fsp3) is 0.600. The van der Waals surface area contributed by atoms with Crippen molar-refractivity contribution >= 4 is 5.78 Å². The second-order valence-electron chi connectivity index (χ2n) is 5.60. The number of nitrogens with zero attached hydrogens (tertiary/aromatic N) is 1. The van der Waals surface area contributed by atoms with Crippen molar-refractivity contribution in [2.75, 3.05) is 0 Å². The largest absolute Gasteiger partial charge is 0.382 e. The van der Waals surface area contributed by atoms with E-state index in [9.17, 15) is 9.90 Å². The number of hydrogen-bond donors (Lipinski definition) is 1. The van der Waals surface area contributed by atoms with Crippen LogP contribution in [0.25, 0.3) is 0 Å². The lowest BCUT2D eigenvalue weighted by Crippen LogP contribution is -2.40. The van der Waals surface area contributed by atoms with Crippen molar-refractivity contribution in [3.05, 3.63) is 29.6 Å².